The van der Waals surface area contributed by atoms with E-state index in [2.05, 4.69) is 6.08 Å². The van der Waals surface area contributed by atoms with Crippen LogP contribution in [0.5, 0.6) is 0 Å². The second kappa shape index (κ2) is 11.3. The van der Waals surface area contributed by atoms with Crippen molar-refractivity contribution in [3.05, 3.63) is 23.5 Å². The standard InChI is InChI=1S/C8H12O.2C2H6/c1-3-7-5-6-9-8(7)4-2;2*1-2/h3-4H,5-6H2,1-2H3;2*1-2H3/b7-3-,8-4+;;. The minimum Gasteiger partial charge on any atom is -0.493 e. The fourth-order valence-corrected chi connectivity index (χ4v) is 1.04. The van der Waals surface area contributed by atoms with Crippen molar-refractivity contribution in [3.8, 4) is 0 Å². The van der Waals surface area contributed by atoms with Crippen LogP contribution in [0.2, 0.25) is 0 Å². The van der Waals surface area contributed by atoms with Gasteiger partial charge in [0.1, 0.15) is 5.76 Å². The molecule has 13 heavy (non-hydrogen) atoms. The normalized spacial score (nSPS) is 19.8. The molecule has 0 saturated carbocycles. The summed E-state index contributed by atoms with van der Waals surface area (Å²) in [4.78, 5) is 0. The Morgan fingerprint density at radius 3 is 1.85 bits per heavy atom. The van der Waals surface area contributed by atoms with E-state index in [0.717, 1.165) is 18.8 Å². The SMILES string of the molecule is C/C=C1/CCO/C1=C/C.CC.CC. The summed E-state index contributed by atoms with van der Waals surface area (Å²) in [5.74, 6) is 1.07. The van der Waals surface area contributed by atoms with Gasteiger partial charge in [-0.15, -0.1) is 0 Å². The summed E-state index contributed by atoms with van der Waals surface area (Å²) < 4.78 is 5.30. The van der Waals surface area contributed by atoms with Crippen LogP contribution in [0.4, 0.5) is 0 Å². The fourth-order valence-electron chi connectivity index (χ4n) is 1.04. The highest BCUT2D eigenvalue weighted by Gasteiger charge is 2.11. The van der Waals surface area contributed by atoms with E-state index < -0.39 is 0 Å². The molecule has 0 aliphatic carbocycles. The summed E-state index contributed by atoms with van der Waals surface area (Å²) in [5.41, 5.74) is 1.34. The number of rotatable bonds is 0. The quantitative estimate of drug-likeness (QED) is 0.545. The molecule has 0 N–H and O–H groups in total. The third kappa shape index (κ3) is 5.51. The molecule has 78 valence electrons. The van der Waals surface area contributed by atoms with Gasteiger partial charge in [-0.25, -0.2) is 0 Å². The Kier molecular flexibility index (Phi) is 12.8. The third-order valence-electron chi connectivity index (χ3n) is 1.56. The molecular formula is C12H24O. The van der Waals surface area contributed by atoms with E-state index in [4.69, 9.17) is 4.74 Å². The Morgan fingerprint density at radius 2 is 1.54 bits per heavy atom. The van der Waals surface area contributed by atoms with Crippen LogP contribution in [0.25, 0.3) is 0 Å². The van der Waals surface area contributed by atoms with Crippen LogP contribution < -0.4 is 0 Å². The average Bonchev–Trinajstić information content (AvgIpc) is 2.70. The Morgan fingerprint density at radius 1 is 1.00 bits per heavy atom. The van der Waals surface area contributed by atoms with Crippen LogP contribution in [0.15, 0.2) is 23.5 Å². The van der Waals surface area contributed by atoms with Gasteiger partial charge in [-0.05, 0) is 25.5 Å². The van der Waals surface area contributed by atoms with Gasteiger partial charge in [0, 0.05) is 6.42 Å². The maximum atomic E-state index is 5.30. The van der Waals surface area contributed by atoms with Crippen molar-refractivity contribution in [3.63, 3.8) is 0 Å². The molecule has 0 spiro atoms. The maximum Gasteiger partial charge on any atom is 0.118 e. The van der Waals surface area contributed by atoms with Gasteiger partial charge in [0.25, 0.3) is 0 Å². The molecule has 0 aromatic heterocycles. The molecule has 0 atom stereocenters. The molecule has 1 heterocycles. The lowest BCUT2D eigenvalue weighted by atomic mass is 10.2. The van der Waals surface area contributed by atoms with Gasteiger partial charge in [-0.1, -0.05) is 33.8 Å². The van der Waals surface area contributed by atoms with Gasteiger partial charge in [-0.3, -0.25) is 0 Å². The molecule has 0 aromatic carbocycles. The molecule has 0 unspecified atom stereocenters. The lowest BCUT2D eigenvalue weighted by Crippen LogP contribution is -1.77. The first-order valence-corrected chi connectivity index (χ1v) is 5.33. The van der Waals surface area contributed by atoms with E-state index in [1.807, 2.05) is 47.6 Å². The van der Waals surface area contributed by atoms with Crippen molar-refractivity contribution >= 4 is 0 Å². The van der Waals surface area contributed by atoms with Crippen LogP contribution in [-0.4, -0.2) is 6.61 Å². The molecule has 0 aromatic rings. The van der Waals surface area contributed by atoms with Gasteiger partial charge in [0.2, 0.25) is 0 Å². The highest BCUT2D eigenvalue weighted by Crippen LogP contribution is 2.22. The van der Waals surface area contributed by atoms with Gasteiger partial charge in [0.15, 0.2) is 0 Å². The minimum absolute atomic E-state index is 0.860. The molecule has 1 aliphatic rings. The lowest BCUT2D eigenvalue weighted by Gasteiger charge is -1.95. The van der Waals surface area contributed by atoms with Crippen molar-refractivity contribution in [2.45, 2.75) is 48.0 Å². The smallest absolute Gasteiger partial charge is 0.118 e. The third-order valence-corrected chi connectivity index (χ3v) is 1.56. The molecule has 1 aliphatic heterocycles. The second-order valence-corrected chi connectivity index (χ2v) is 2.07. The zero-order chi connectivity index (χ0) is 10.7. The van der Waals surface area contributed by atoms with Gasteiger partial charge in [-0.2, -0.15) is 0 Å². The number of hydrogen-bond donors (Lipinski definition) is 0. The van der Waals surface area contributed by atoms with Gasteiger partial charge in [0.05, 0.1) is 6.61 Å². The Balaban J connectivity index is 0. The van der Waals surface area contributed by atoms with E-state index in [1.165, 1.54) is 5.57 Å². The van der Waals surface area contributed by atoms with E-state index in [0.29, 0.717) is 0 Å². The highest BCUT2D eigenvalue weighted by molar-refractivity contribution is 5.27. The zero-order valence-corrected chi connectivity index (χ0v) is 9.98. The highest BCUT2D eigenvalue weighted by atomic mass is 16.5. The Bertz CT molecular complexity index is 137. The summed E-state index contributed by atoms with van der Waals surface area (Å²) in [6.45, 7) is 12.9. The van der Waals surface area contributed by atoms with Crippen LogP contribution in [0, 0.1) is 0 Å². The lowest BCUT2D eigenvalue weighted by molar-refractivity contribution is 0.265. The van der Waals surface area contributed by atoms with Crippen molar-refractivity contribution in [1.82, 2.24) is 0 Å². The molecule has 0 radical (unpaired) electrons. The summed E-state index contributed by atoms with van der Waals surface area (Å²) in [7, 11) is 0. The predicted molar refractivity (Wildman–Crippen MR) is 60.8 cm³/mol. The van der Waals surface area contributed by atoms with Crippen molar-refractivity contribution in [1.29, 1.82) is 0 Å². The number of ether oxygens (including phenoxy) is 1. The Labute approximate surface area is 83.5 Å². The van der Waals surface area contributed by atoms with Crippen LogP contribution >= 0.6 is 0 Å². The van der Waals surface area contributed by atoms with Crippen LogP contribution in [-0.2, 0) is 4.74 Å². The topological polar surface area (TPSA) is 9.23 Å². The second-order valence-electron chi connectivity index (χ2n) is 2.07. The van der Waals surface area contributed by atoms with Gasteiger partial charge < -0.3 is 4.74 Å². The van der Waals surface area contributed by atoms with Gasteiger partial charge >= 0.3 is 0 Å². The van der Waals surface area contributed by atoms with Crippen molar-refractivity contribution in [2.75, 3.05) is 6.61 Å². The molecular weight excluding hydrogens is 160 g/mol. The summed E-state index contributed by atoms with van der Waals surface area (Å²) in [5, 5.41) is 0. The molecule has 0 bridgehead atoms. The van der Waals surface area contributed by atoms with E-state index in [1.54, 1.807) is 0 Å². The molecule has 1 fully saturated rings. The molecule has 1 rings (SSSR count). The first-order valence-electron chi connectivity index (χ1n) is 5.33. The molecule has 1 saturated heterocycles. The maximum absolute atomic E-state index is 5.30. The van der Waals surface area contributed by atoms with Crippen LogP contribution in [0.3, 0.4) is 0 Å². The summed E-state index contributed by atoms with van der Waals surface area (Å²) in [6.07, 6.45) is 5.21. The first kappa shape index (κ1) is 14.8. The predicted octanol–water partition coefficient (Wildman–Crippen LogP) is 4.31. The van der Waals surface area contributed by atoms with E-state index in [9.17, 15) is 0 Å². The average molecular weight is 184 g/mol. The molecule has 0 amide bonds. The first-order chi connectivity index (χ1) is 6.38. The van der Waals surface area contributed by atoms with Crippen molar-refractivity contribution < 1.29 is 4.74 Å². The molecule has 1 nitrogen and oxygen atoms in total. The van der Waals surface area contributed by atoms with Crippen molar-refractivity contribution in [2.24, 2.45) is 0 Å². The summed E-state index contributed by atoms with van der Waals surface area (Å²) in [6, 6.07) is 0. The molecule has 1 heteroatoms. The number of allylic oxidation sites excluding steroid dienone is 3. The Hall–Kier alpha value is -0.720. The van der Waals surface area contributed by atoms with E-state index in [-0.39, 0.29) is 0 Å². The summed E-state index contributed by atoms with van der Waals surface area (Å²) >= 11 is 0. The van der Waals surface area contributed by atoms with E-state index >= 15 is 0 Å². The largest absolute Gasteiger partial charge is 0.493 e. The monoisotopic (exact) mass is 184 g/mol. The number of hydrogen-bond acceptors (Lipinski definition) is 1. The zero-order valence-electron chi connectivity index (χ0n) is 9.98. The minimum atomic E-state index is 0.860. The van der Waals surface area contributed by atoms with Crippen LogP contribution in [0.1, 0.15) is 48.0 Å². The fraction of sp³-hybridized carbons (Fsp3) is 0.667.